The zero-order chi connectivity index (χ0) is 15.2. The summed E-state index contributed by atoms with van der Waals surface area (Å²) in [6.45, 7) is 3.15. The van der Waals surface area contributed by atoms with Crippen LogP contribution in [0.15, 0.2) is 35.0 Å². The number of nitrogens with zero attached hydrogens (tertiary/aromatic N) is 1. The summed E-state index contributed by atoms with van der Waals surface area (Å²) in [5, 5.41) is 6.99. The molecule has 0 spiro atoms. The van der Waals surface area contributed by atoms with Crippen molar-refractivity contribution >= 4 is 22.9 Å². The first-order valence-electron chi connectivity index (χ1n) is 6.92. The van der Waals surface area contributed by atoms with Crippen molar-refractivity contribution < 1.29 is 9.18 Å². The molecule has 0 radical (unpaired) electrons. The van der Waals surface area contributed by atoms with Crippen molar-refractivity contribution in [3.05, 3.63) is 52.0 Å². The van der Waals surface area contributed by atoms with Crippen LogP contribution in [-0.2, 0) is 6.54 Å². The largest absolute Gasteiger partial charge is 0.382 e. The second-order valence-electron chi connectivity index (χ2n) is 4.88. The third-order valence-electron chi connectivity index (χ3n) is 3.14. The molecule has 1 aromatic carbocycles. The molecular formula is C16H19FN2OS. The summed E-state index contributed by atoms with van der Waals surface area (Å²) in [7, 11) is 1.73. The van der Waals surface area contributed by atoms with E-state index >= 15 is 0 Å². The number of anilines is 1. The Hall–Kier alpha value is -1.88. The van der Waals surface area contributed by atoms with Crippen LogP contribution in [0.5, 0.6) is 0 Å². The van der Waals surface area contributed by atoms with Gasteiger partial charge in [-0.3, -0.25) is 4.79 Å². The van der Waals surface area contributed by atoms with Crippen molar-refractivity contribution in [2.45, 2.75) is 19.9 Å². The Labute approximate surface area is 128 Å². The number of carbonyl (C=O) groups is 1. The first-order valence-corrected chi connectivity index (χ1v) is 7.86. The minimum atomic E-state index is -0.391. The van der Waals surface area contributed by atoms with Crippen LogP contribution in [-0.4, -0.2) is 24.4 Å². The van der Waals surface area contributed by atoms with Crippen molar-refractivity contribution in [2.75, 3.05) is 18.9 Å². The molecule has 0 saturated carbocycles. The fraction of sp³-hybridized carbons (Fsp3) is 0.312. The molecule has 3 nitrogen and oxygen atoms in total. The number of para-hydroxylation sites is 1. The molecule has 0 aliphatic rings. The van der Waals surface area contributed by atoms with Gasteiger partial charge in [-0.15, -0.1) is 0 Å². The molecule has 0 bridgehead atoms. The van der Waals surface area contributed by atoms with E-state index in [0.29, 0.717) is 24.3 Å². The highest BCUT2D eigenvalue weighted by Gasteiger charge is 2.18. The standard InChI is InChI=1S/C16H19FN2OS/c1-3-8-18-15-13(5-4-6-14(15)17)16(20)19(2)10-12-7-9-21-11-12/h4-7,9,11,18H,3,8,10H2,1-2H3. The molecular weight excluding hydrogens is 287 g/mol. The smallest absolute Gasteiger partial charge is 0.256 e. The van der Waals surface area contributed by atoms with Gasteiger partial charge in [0.25, 0.3) is 5.91 Å². The van der Waals surface area contributed by atoms with Crippen LogP contribution in [0.1, 0.15) is 29.3 Å². The lowest BCUT2D eigenvalue weighted by molar-refractivity contribution is 0.0786. The van der Waals surface area contributed by atoms with Crippen LogP contribution in [0, 0.1) is 5.82 Å². The molecule has 21 heavy (non-hydrogen) atoms. The Morgan fingerprint density at radius 2 is 2.19 bits per heavy atom. The highest BCUT2D eigenvalue weighted by atomic mass is 32.1. The Balaban J connectivity index is 2.19. The molecule has 112 valence electrons. The van der Waals surface area contributed by atoms with Gasteiger partial charge in [-0.25, -0.2) is 4.39 Å². The molecule has 0 atom stereocenters. The predicted molar refractivity (Wildman–Crippen MR) is 85.3 cm³/mol. The normalized spacial score (nSPS) is 10.4. The van der Waals surface area contributed by atoms with Gasteiger partial charge in [0, 0.05) is 20.1 Å². The average Bonchev–Trinajstić information content (AvgIpc) is 2.98. The van der Waals surface area contributed by atoms with Gasteiger partial charge in [0.05, 0.1) is 11.3 Å². The van der Waals surface area contributed by atoms with Crippen molar-refractivity contribution in [3.63, 3.8) is 0 Å². The van der Waals surface area contributed by atoms with E-state index in [1.54, 1.807) is 35.4 Å². The van der Waals surface area contributed by atoms with Crippen LogP contribution in [0.3, 0.4) is 0 Å². The van der Waals surface area contributed by atoms with Crippen LogP contribution in [0.4, 0.5) is 10.1 Å². The SMILES string of the molecule is CCCNc1c(F)cccc1C(=O)N(C)Cc1ccsc1. The van der Waals surface area contributed by atoms with E-state index in [4.69, 9.17) is 0 Å². The second-order valence-corrected chi connectivity index (χ2v) is 5.66. The van der Waals surface area contributed by atoms with Gasteiger partial charge >= 0.3 is 0 Å². The Kier molecular flexibility index (Phi) is 5.33. The Bertz CT molecular complexity index is 598. The molecule has 0 fully saturated rings. The highest BCUT2D eigenvalue weighted by molar-refractivity contribution is 7.07. The molecule has 1 aromatic heterocycles. The van der Waals surface area contributed by atoms with E-state index in [9.17, 15) is 9.18 Å². The fourth-order valence-corrected chi connectivity index (χ4v) is 2.73. The molecule has 0 aliphatic heterocycles. The number of nitrogens with one attached hydrogen (secondary N) is 1. The third kappa shape index (κ3) is 3.82. The minimum Gasteiger partial charge on any atom is -0.382 e. The topological polar surface area (TPSA) is 32.3 Å². The number of hydrogen-bond acceptors (Lipinski definition) is 3. The molecule has 5 heteroatoms. The van der Waals surface area contributed by atoms with Gasteiger partial charge in [-0.1, -0.05) is 13.0 Å². The van der Waals surface area contributed by atoms with E-state index < -0.39 is 5.82 Å². The number of benzene rings is 1. The lowest BCUT2D eigenvalue weighted by Crippen LogP contribution is -2.27. The first-order chi connectivity index (χ1) is 10.1. The number of rotatable bonds is 6. The van der Waals surface area contributed by atoms with E-state index in [2.05, 4.69) is 5.32 Å². The van der Waals surface area contributed by atoms with Gasteiger partial charge in [-0.2, -0.15) is 11.3 Å². The number of thiophene rings is 1. The van der Waals surface area contributed by atoms with Crippen molar-refractivity contribution in [3.8, 4) is 0 Å². The predicted octanol–water partition coefficient (Wildman–Crippen LogP) is 3.98. The molecule has 2 rings (SSSR count). The number of halogens is 1. The summed E-state index contributed by atoms with van der Waals surface area (Å²) in [5.74, 6) is -0.572. The lowest BCUT2D eigenvalue weighted by Gasteiger charge is -2.19. The minimum absolute atomic E-state index is 0.181. The summed E-state index contributed by atoms with van der Waals surface area (Å²) in [6.07, 6.45) is 0.868. The fourth-order valence-electron chi connectivity index (χ4n) is 2.07. The van der Waals surface area contributed by atoms with Crippen molar-refractivity contribution in [1.29, 1.82) is 0 Å². The summed E-state index contributed by atoms with van der Waals surface area (Å²) in [4.78, 5) is 14.1. The zero-order valence-corrected chi connectivity index (χ0v) is 13.0. The third-order valence-corrected chi connectivity index (χ3v) is 3.87. The van der Waals surface area contributed by atoms with Gasteiger partial charge in [0.2, 0.25) is 0 Å². The van der Waals surface area contributed by atoms with Crippen LogP contribution in [0.2, 0.25) is 0 Å². The van der Waals surface area contributed by atoms with Crippen molar-refractivity contribution in [1.82, 2.24) is 4.90 Å². The molecule has 2 aromatic rings. The maximum Gasteiger partial charge on any atom is 0.256 e. The summed E-state index contributed by atoms with van der Waals surface area (Å²) in [6, 6.07) is 6.58. The molecule has 0 unspecified atom stereocenters. The van der Waals surface area contributed by atoms with E-state index in [-0.39, 0.29) is 5.91 Å². The van der Waals surface area contributed by atoms with E-state index in [1.807, 2.05) is 23.8 Å². The summed E-state index contributed by atoms with van der Waals surface area (Å²) in [5.41, 5.74) is 1.75. The van der Waals surface area contributed by atoms with Gasteiger partial charge < -0.3 is 10.2 Å². The Morgan fingerprint density at radius 1 is 1.38 bits per heavy atom. The van der Waals surface area contributed by atoms with Crippen LogP contribution in [0.25, 0.3) is 0 Å². The first kappa shape index (κ1) is 15.5. The summed E-state index contributed by atoms with van der Waals surface area (Å²) < 4.78 is 13.9. The van der Waals surface area contributed by atoms with Gasteiger partial charge in [-0.05, 0) is 40.9 Å². The maximum atomic E-state index is 13.9. The zero-order valence-electron chi connectivity index (χ0n) is 12.2. The molecule has 1 heterocycles. The molecule has 1 amide bonds. The van der Waals surface area contributed by atoms with E-state index in [0.717, 1.165) is 12.0 Å². The lowest BCUT2D eigenvalue weighted by atomic mass is 10.1. The van der Waals surface area contributed by atoms with E-state index in [1.165, 1.54) is 6.07 Å². The van der Waals surface area contributed by atoms with Crippen molar-refractivity contribution in [2.24, 2.45) is 0 Å². The maximum absolute atomic E-state index is 13.9. The number of amides is 1. The molecule has 0 saturated heterocycles. The van der Waals surface area contributed by atoms with Gasteiger partial charge in [0.15, 0.2) is 0 Å². The number of hydrogen-bond donors (Lipinski definition) is 1. The van der Waals surface area contributed by atoms with Gasteiger partial charge in [0.1, 0.15) is 5.82 Å². The Morgan fingerprint density at radius 3 is 2.86 bits per heavy atom. The number of carbonyl (C=O) groups excluding carboxylic acids is 1. The van der Waals surface area contributed by atoms with Crippen LogP contribution >= 0.6 is 11.3 Å². The quantitative estimate of drug-likeness (QED) is 0.875. The van der Waals surface area contributed by atoms with Crippen LogP contribution < -0.4 is 5.32 Å². The average molecular weight is 306 g/mol. The second kappa shape index (κ2) is 7.22. The monoisotopic (exact) mass is 306 g/mol. The summed E-state index contributed by atoms with van der Waals surface area (Å²) >= 11 is 1.60. The molecule has 1 N–H and O–H groups in total. The highest BCUT2D eigenvalue weighted by Crippen LogP contribution is 2.22. The molecule has 0 aliphatic carbocycles.